The molecule has 108 valence electrons. The molecule has 1 aliphatic carbocycles. The first kappa shape index (κ1) is 13.8. The van der Waals surface area contributed by atoms with Crippen molar-refractivity contribution in [1.82, 2.24) is 4.98 Å². The minimum atomic E-state index is 0.116. The first-order valence-corrected chi connectivity index (χ1v) is 7.37. The van der Waals surface area contributed by atoms with E-state index in [1.807, 2.05) is 24.3 Å². The molecule has 1 aliphatic rings. The second kappa shape index (κ2) is 6.11. The molecule has 2 aromatic rings. The van der Waals surface area contributed by atoms with E-state index in [9.17, 15) is 10.4 Å². The number of para-hydroxylation sites is 1. The predicted molar refractivity (Wildman–Crippen MR) is 79.9 cm³/mol. The third-order valence-electron chi connectivity index (χ3n) is 4.18. The number of aromatic nitrogens is 1. The highest BCUT2D eigenvalue weighted by Crippen LogP contribution is 2.32. The van der Waals surface area contributed by atoms with Crippen molar-refractivity contribution in [3.8, 4) is 11.8 Å². The zero-order valence-corrected chi connectivity index (χ0v) is 11.8. The molecule has 4 heteroatoms. The van der Waals surface area contributed by atoms with Gasteiger partial charge in [-0.2, -0.15) is 5.26 Å². The maximum Gasteiger partial charge on any atom is 0.148 e. The van der Waals surface area contributed by atoms with Crippen LogP contribution in [0.4, 0.5) is 0 Å². The molecule has 0 aliphatic heterocycles. The lowest BCUT2D eigenvalue weighted by Crippen LogP contribution is -2.26. The highest BCUT2D eigenvalue weighted by atomic mass is 16.5. The summed E-state index contributed by atoms with van der Waals surface area (Å²) in [5, 5.41) is 19.4. The van der Waals surface area contributed by atoms with Gasteiger partial charge in [0.05, 0.1) is 11.6 Å². The fourth-order valence-electron chi connectivity index (χ4n) is 2.92. The second-order valence-corrected chi connectivity index (χ2v) is 5.57. The molecular weight excluding hydrogens is 264 g/mol. The molecule has 21 heavy (non-hydrogen) atoms. The van der Waals surface area contributed by atoms with Gasteiger partial charge in [-0.05, 0) is 43.7 Å². The van der Waals surface area contributed by atoms with Crippen LogP contribution in [0.3, 0.4) is 0 Å². The minimum absolute atomic E-state index is 0.116. The van der Waals surface area contributed by atoms with Gasteiger partial charge in [0.25, 0.3) is 0 Å². The van der Waals surface area contributed by atoms with Crippen molar-refractivity contribution in [3.63, 3.8) is 0 Å². The Hall–Kier alpha value is -2.12. The normalized spacial score (nSPS) is 21.9. The maximum absolute atomic E-state index is 9.28. The lowest BCUT2D eigenvalue weighted by molar-refractivity contribution is 0.105. The van der Waals surface area contributed by atoms with Crippen LogP contribution in [0.15, 0.2) is 30.5 Å². The van der Waals surface area contributed by atoms with Crippen LogP contribution in [0, 0.1) is 17.2 Å². The number of pyridine rings is 1. The maximum atomic E-state index is 9.28. The van der Waals surface area contributed by atoms with Gasteiger partial charge in [0, 0.05) is 18.2 Å². The first-order valence-electron chi connectivity index (χ1n) is 7.37. The van der Waals surface area contributed by atoms with Crippen molar-refractivity contribution in [2.24, 2.45) is 5.92 Å². The molecule has 1 aromatic carbocycles. The Morgan fingerprint density at radius 2 is 2.00 bits per heavy atom. The van der Waals surface area contributed by atoms with Crippen molar-refractivity contribution in [2.45, 2.75) is 31.8 Å². The van der Waals surface area contributed by atoms with Crippen molar-refractivity contribution < 1.29 is 9.84 Å². The lowest BCUT2D eigenvalue weighted by Gasteiger charge is -2.28. The fourth-order valence-corrected chi connectivity index (χ4v) is 2.92. The van der Waals surface area contributed by atoms with Crippen molar-refractivity contribution in [3.05, 3.63) is 36.0 Å². The number of fused-ring (bicyclic) bond motifs is 1. The van der Waals surface area contributed by atoms with Crippen LogP contribution >= 0.6 is 0 Å². The van der Waals surface area contributed by atoms with E-state index in [-0.39, 0.29) is 12.7 Å². The van der Waals surface area contributed by atoms with Crippen LogP contribution < -0.4 is 4.74 Å². The van der Waals surface area contributed by atoms with E-state index in [4.69, 9.17) is 4.74 Å². The summed E-state index contributed by atoms with van der Waals surface area (Å²) in [6, 6.07) is 9.89. The van der Waals surface area contributed by atoms with Gasteiger partial charge in [-0.3, -0.25) is 4.98 Å². The molecule has 0 unspecified atom stereocenters. The second-order valence-electron chi connectivity index (χ2n) is 5.57. The third kappa shape index (κ3) is 2.84. The molecule has 4 nitrogen and oxygen atoms in total. The number of aliphatic hydroxyl groups excluding tert-OH is 1. The van der Waals surface area contributed by atoms with Gasteiger partial charge in [0.15, 0.2) is 0 Å². The molecule has 0 spiro atoms. The van der Waals surface area contributed by atoms with Crippen molar-refractivity contribution in [1.29, 1.82) is 5.26 Å². The Balaban J connectivity index is 1.88. The Morgan fingerprint density at radius 3 is 2.71 bits per heavy atom. The van der Waals surface area contributed by atoms with E-state index >= 15 is 0 Å². The van der Waals surface area contributed by atoms with Gasteiger partial charge < -0.3 is 9.84 Å². The largest absolute Gasteiger partial charge is 0.488 e. The highest BCUT2D eigenvalue weighted by molar-refractivity contribution is 5.87. The van der Waals surface area contributed by atoms with E-state index in [1.165, 1.54) is 0 Å². The highest BCUT2D eigenvalue weighted by Gasteiger charge is 2.23. The summed E-state index contributed by atoms with van der Waals surface area (Å²) in [7, 11) is 0. The van der Waals surface area contributed by atoms with Crippen LogP contribution in [0.5, 0.6) is 5.75 Å². The minimum Gasteiger partial charge on any atom is -0.488 e. The quantitative estimate of drug-likeness (QED) is 0.939. The van der Waals surface area contributed by atoms with Gasteiger partial charge in [0.1, 0.15) is 17.4 Å². The smallest absolute Gasteiger partial charge is 0.148 e. The number of ether oxygens (including phenoxy) is 1. The molecule has 0 bridgehead atoms. The molecule has 1 fully saturated rings. The van der Waals surface area contributed by atoms with Gasteiger partial charge >= 0.3 is 0 Å². The molecule has 0 radical (unpaired) electrons. The summed E-state index contributed by atoms with van der Waals surface area (Å²) in [5.41, 5.74) is 1.33. The van der Waals surface area contributed by atoms with Crippen LogP contribution in [-0.2, 0) is 0 Å². The zero-order chi connectivity index (χ0) is 14.7. The van der Waals surface area contributed by atoms with Gasteiger partial charge in [-0.15, -0.1) is 0 Å². The van der Waals surface area contributed by atoms with E-state index in [0.29, 0.717) is 17.2 Å². The number of hydrogen-bond donors (Lipinski definition) is 1. The summed E-state index contributed by atoms with van der Waals surface area (Å²) in [6.07, 6.45) is 5.50. The van der Waals surface area contributed by atoms with Crippen LogP contribution in [0.25, 0.3) is 10.9 Å². The monoisotopic (exact) mass is 282 g/mol. The standard InChI is InChI=1S/C17H18N2O2/c18-9-13-10-19-16-4-2-1-3-15(16)17(13)21-14-7-5-12(11-20)6-8-14/h1-4,10,12,14,20H,5-8,11H2. The third-order valence-corrected chi connectivity index (χ3v) is 4.18. The molecule has 1 heterocycles. The number of hydrogen-bond acceptors (Lipinski definition) is 4. The lowest BCUT2D eigenvalue weighted by atomic mass is 9.88. The molecule has 0 amide bonds. The summed E-state index contributed by atoms with van der Waals surface area (Å²) in [4.78, 5) is 4.30. The molecule has 0 atom stereocenters. The average Bonchev–Trinajstić information content (AvgIpc) is 2.56. The molecule has 1 aromatic heterocycles. The topological polar surface area (TPSA) is 66.1 Å². The van der Waals surface area contributed by atoms with E-state index in [0.717, 1.165) is 36.6 Å². The van der Waals surface area contributed by atoms with E-state index in [2.05, 4.69) is 11.1 Å². The first-order chi connectivity index (χ1) is 10.3. The Bertz CT molecular complexity index is 670. The van der Waals surface area contributed by atoms with E-state index in [1.54, 1.807) is 6.20 Å². The Labute approximate surface area is 124 Å². The number of nitriles is 1. The number of aliphatic hydroxyl groups is 1. The summed E-state index contributed by atoms with van der Waals surface area (Å²) < 4.78 is 6.14. The number of rotatable bonds is 3. The van der Waals surface area contributed by atoms with Crippen LogP contribution in [0.2, 0.25) is 0 Å². The SMILES string of the molecule is N#Cc1cnc2ccccc2c1OC1CCC(CO)CC1. The number of benzene rings is 1. The van der Waals surface area contributed by atoms with Gasteiger partial charge in [0.2, 0.25) is 0 Å². The predicted octanol–water partition coefficient (Wildman–Crippen LogP) is 3.04. The Kier molecular flexibility index (Phi) is 4.03. The Morgan fingerprint density at radius 1 is 1.24 bits per heavy atom. The van der Waals surface area contributed by atoms with Crippen LogP contribution in [0.1, 0.15) is 31.2 Å². The van der Waals surface area contributed by atoms with Crippen molar-refractivity contribution >= 4 is 10.9 Å². The summed E-state index contributed by atoms with van der Waals surface area (Å²) in [6.45, 7) is 0.258. The summed E-state index contributed by atoms with van der Waals surface area (Å²) in [5.74, 6) is 1.05. The van der Waals surface area contributed by atoms with Crippen molar-refractivity contribution in [2.75, 3.05) is 6.61 Å². The van der Waals surface area contributed by atoms with Gasteiger partial charge in [-0.25, -0.2) is 0 Å². The number of nitrogens with zero attached hydrogens (tertiary/aromatic N) is 2. The molecule has 3 rings (SSSR count). The molecule has 0 saturated heterocycles. The molecular formula is C17H18N2O2. The summed E-state index contributed by atoms with van der Waals surface area (Å²) >= 11 is 0. The molecule has 1 saturated carbocycles. The fraction of sp³-hybridized carbons (Fsp3) is 0.412. The zero-order valence-electron chi connectivity index (χ0n) is 11.8. The van der Waals surface area contributed by atoms with Crippen LogP contribution in [-0.4, -0.2) is 22.8 Å². The van der Waals surface area contributed by atoms with E-state index < -0.39 is 0 Å². The average molecular weight is 282 g/mol. The molecule has 1 N–H and O–H groups in total. The van der Waals surface area contributed by atoms with Gasteiger partial charge in [-0.1, -0.05) is 12.1 Å².